The van der Waals surface area contributed by atoms with Crippen LogP contribution in [-0.4, -0.2) is 66.2 Å². The summed E-state index contributed by atoms with van der Waals surface area (Å²) in [6.45, 7) is 3.80. The van der Waals surface area contributed by atoms with E-state index in [1.54, 1.807) is 31.6 Å². The highest BCUT2D eigenvalue weighted by Gasteiger charge is 2.39. The number of methoxy groups -OCH3 is 1. The van der Waals surface area contributed by atoms with Crippen LogP contribution in [0.1, 0.15) is 22.3 Å². The normalized spacial score (nSPS) is 22.9. The molecule has 4 rings (SSSR count). The van der Waals surface area contributed by atoms with E-state index in [0.29, 0.717) is 18.7 Å². The first-order valence-electron chi connectivity index (χ1n) is 9.43. The minimum Gasteiger partial charge on any atom is -0.496 e. The molecule has 2 aliphatic rings. The molecule has 2 aromatic rings. The topological polar surface area (TPSA) is 54.9 Å². The van der Waals surface area contributed by atoms with Crippen molar-refractivity contribution in [1.82, 2.24) is 14.8 Å². The quantitative estimate of drug-likeness (QED) is 0.829. The van der Waals surface area contributed by atoms with E-state index in [9.17, 15) is 4.79 Å². The molecule has 3 heterocycles. The lowest BCUT2D eigenvalue weighted by molar-refractivity contribution is -0.0914. The van der Waals surface area contributed by atoms with Crippen LogP contribution in [0.5, 0.6) is 5.75 Å². The van der Waals surface area contributed by atoms with Crippen molar-refractivity contribution in [1.29, 1.82) is 0 Å². The third-order valence-electron chi connectivity index (χ3n) is 5.44. The van der Waals surface area contributed by atoms with E-state index in [0.717, 1.165) is 31.8 Å². The maximum atomic E-state index is 13.0. The number of carbonyl (C=O) groups is 1. The van der Waals surface area contributed by atoms with E-state index >= 15 is 0 Å². The average molecular weight is 367 g/mol. The fourth-order valence-corrected chi connectivity index (χ4v) is 4.07. The van der Waals surface area contributed by atoms with Crippen molar-refractivity contribution < 1.29 is 14.3 Å². The second-order valence-corrected chi connectivity index (χ2v) is 7.05. The van der Waals surface area contributed by atoms with Gasteiger partial charge in [0.05, 0.1) is 25.9 Å². The van der Waals surface area contributed by atoms with Gasteiger partial charge in [0.2, 0.25) is 0 Å². The molecule has 0 aliphatic carbocycles. The van der Waals surface area contributed by atoms with Crippen LogP contribution in [0.25, 0.3) is 0 Å². The summed E-state index contributed by atoms with van der Waals surface area (Å²) < 4.78 is 11.5. The lowest BCUT2D eigenvalue weighted by Crippen LogP contribution is -2.61. The van der Waals surface area contributed by atoms with Gasteiger partial charge in [-0.25, -0.2) is 0 Å². The summed E-state index contributed by atoms with van der Waals surface area (Å²) in [7, 11) is 1.70. The van der Waals surface area contributed by atoms with Crippen LogP contribution >= 0.6 is 0 Å². The van der Waals surface area contributed by atoms with Crippen molar-refractivity contribution >= 4 is 5.91 Å². The van der Waals surface area contributed by atoms with Crippen molar-refractivity contribution in [3.8, 4) is 5.75 Å². The largest absolute Gasteiger partial charge is 0.496 e. The Labute approximate surface area is 159 Å². The van der Waals surface area contributed by atoms with Gasteiger partial charge in [0.1, 0.15) is 5.75 Å². The lowest BCUT2D eigenvalue weighted by atomic mass is 9.97. The van der Waals surface area contributed by atoms with Gasteiger partial charge in [0.25, 0.3) is 5.91 Å². The molecular formula is C21H25N3O3. The van der Waals surface area contributed by atoms with E-state index < -0.39 is 0 Å². The van der Waals surface area contributed by atoms with Gasteiger partial charge in [-0.2, -0.15) is 0 Å². The highest BCUT2D eigenvalue weighted by Crippen LogP contribution is 2.27. The molecule has 2 saturated heterocycles. The van der Waals surface area contributed by atoms with Crippen LogP contribution in [-0.2, 0) is 11.3 Å². The molecule has 0 unspecified atom stereocenters. The summed E-state index contributed by atoms with van der Waals surface area (Å²) >= 11 is 0. The molecule has 2 atom stereocenters. The Kier molecular flexibility index (Phi) is 5.36. The number of benzene rings is 1. The van der Waals surface area contributed by atoms with Gasteiger partial charge in [-0.3, -0.25) is 14.7 Å². The number of rotatable bonds is 4. The molecule has 142 valence electrons. The Morgan fingerprint density at radius 2 is 2.04 bits per heavy atom. The van der Waals surface area contributed by atoms with E-state index in [1.165, 1.54) is 5.56 Å². The number of ether oxygens (including phenoxy) is 2. The molecule has 0 radical (unpaired) electrons. The zero-order valence-corrected chi connectivity index (χ0v) is 15.6. The molecule has 1 aromatic heterocycles. The van der Waals surface area contributed by atoms with Crippen molar-refractivity contribution in [2.75, 3.05) is 33.4 Å². The second-order valence-electron chi connectivity index (χ2n) is 7.05. The van der Waals surface area contributed by atoms with E-state index in [1.807, 2.05) is 23.1 Å². The summed E-state index contributed by atoms with van der Waals surface area (Å²) in [5, 5.41) is 0. The smallest absolute Gasteiger partial charge is 0.254 e. The van der Waals surface area contributed by atoms with Crippen LogP contribution in [0.3, 0.4) is 0 Å². The molecule has 2 fully saturated rings. The zero-order valence-electron chi connectivity index (χ0n) is 15.6. The molecule has 0 bridgehead atoms. The molecule has 0 saturated carbocycles. The number of likely N-dealkylation sites (tertiary alicyclic amines) is 1. The minimum absolute atomic E-state index is 0.0647. The summed E-state index contributed by atoms with van der Waals surface area (Å²) in [6, 6.07) is 11.7. The number of para-hydroxylation sites is 1. The highest BCUT2D eigenvalue weighted by atomic mass is 16.5. The van der Waals surface area contributed by atoms with Crippen LogP contribution < -0.4 is 4.74 Å². The Hall–Kier alpha value is -2.44. The Morgan fingerprint density at radius 1 is 1.22 bits per heavy atom. The third-order valence-corrected chi connectivity index (χ3v) is 5.44. The molecule has 1 amide bonds. The van der Waals surface area contributed by atoms with Gasteiger partial charge in [-0.05, 0) is 24.6 Å². The standard InChI is InChI=1S/C21H25N3O3/c1-26-19-5-3-2-4-17(19)14-23-11-8-20-18(15-23)24(12-13-27-20)21(25)16-6-9-22-10-7-16/h2-7,9-10,18,20H,8,11-15H2,1H3/t18-,20-/m0/s1. The van der Waals surface area contributed by atoms with E-state index in [2.05, 4.69) is 16.0 Å². The number of aromatic nitrogens is 1. The van der Waals surface area contributed by atoms with E-state index in [4.69, 9.17) is 9.47 Å². The Morgan fingerprint density at radius 3 is 2.85 bits per heavy atom. The Balaban J connectivity index is 1.50. The van der Waals surface area contributed by atoms with Crippen molar-refractivity contribution in [3.63, 3.8) is 0 Å². The van der Waals surface area contributed by atoms with Crippen molar-refractivity contribution in [3.05, 3.63) is 59.9 Å². The van der Waals surface area contributed by atoms with Gasteiger partial charge in [0, 0.05) is 49.7 Å². The summed E-state index contributed by atoms with van der Waals surface area (Å²) in [6.07, 6.45) is 4.37. The molecular weight excluding hydrogens is 342 g/mol. The van der Waals surface area contributed by atoms with Crippen LogP contribution in [0, 0.1) is 0 Å². The second kappa shape index (κ2) is 8.06. The molecule has 0 spiro atoms. The minimum atomic E-state index is 0.0647. The average Bonchev–Trinajstić information content (AvgIpc) is 2.74. The van der Waals surface area contributed by atoms with E-state index in [-0.39, 0.29) is 18.1 Å². The van der Waals surface area contributed by atoms with Gasteiger partial charge < -0.3 is 14.4 Å². The number of piperidine rings is 1. The summed E-state index contributed by atoms with van der Waals surface area (Å²) in [5.74, 6) is 0.971. The van der Waals surface area contributed by atoms with Gasteiger partial charge in [0.15, 0.2) is 0 Å². The number of morpholine rings is 1. The summed E-state index contributed by atoms with van der Waals surface area (Å²) in [4.78, 5) is 21.4. The molecule has 1 aromatic carbocycles. The van der Waals surface area contributed by atoms with Gasteiger partial charge in [-0.15, -0.1) is 0 Å². The SMILES string of the molecule is COc1ccccc1CN1CC[C@@H]2OCCN(C(=O)c3ccncc3)[C@H]2C1. The Bertz CT molecular complexity index is 783. The number of carbonyl (C=O) groups excluding carboxylic acids is 1. The number of pyridine rings is 1. The van der Waals surface area contributed by atoms with Crippen molar-refractivity contribution in [2.24, 2.45) is 0 Å². The van der Waals surface area contributed by atoms with Crippen LogP contribution in [0.4, 0.5) is 0 Å². The first-order valence-corrected chi connectivity index (χ1v) is 9.43. The predicted molar refractivity (Wildman–Crippen MR) is 102 cm³/mol. The third kappa shape index (κ3) is 3.82. The molecule has 6 nitrogen and oxygen atoms in total. The predicted octanol–water partition coefficient (Wildman–Crippen LogP) is 2.21. The number of hydrogen-bond acceptors (Lipinski definition) is 5. The zero-order chi connectivity index (χ0) is 18.6. The number of fused-ring (bicyclic) bond motifs is 1. The monoisotopic (exact) mass is 367 g/mol. The number of hydrogen-bond donors (Lipinski definition) is 0. The maximum Gasteiger partial charge on any atom is 0.254 e. The molecule has 6 heteroatoms. The molecule has 27 heavy (non-hydrogen) atoms. The number of nitrogens with zero attached hydrogens (tertiary/aromatic N) is 3. The number of amides is 1. The molecule has 2 aliphatic heterocycles. The van der Waals surface area contributed by atoms with Gasteiger partial charge in [-0.1, -0.05) is 18.2 Å². The summed E-state index contributed by atoms with van der Waals surface area (Å²) in [5.41, 5.74) is 1.86. The highest BCUT2D eigenvalue weighted by molar-refractivity contribution is 5.94. The first kappa shape index (κ1) is 17.9. The molecule has 0 N–H and O–H groups in total. The fraction of sp³-hybridized carbons (Fsp3) is 0.429. The van der Waals surface area contributed by atoms with Crippen LogP contribution in [0.15, 0.2) is 48.8 Å². The van der Waals surface area contributed by atoms with Gasteiger partial charge >= 0.3 is 0 Å². The maximum absolute atomic E-state index is 13.0. The first-order chi connectivity index (χ1) is 13.3. The van der Waals surface area contributed by atoms with Crippen molar-refractivity contribution in [2.45, 2.75) is 25.1 Å². The fourth-order valence-electron chi connectivity index (χ4n) is 4.07. The lowest BCUT2D eigenvalue weighted by Gasteiger charge is -2.47. The van der Waals surface area contributed by atoms with Crippen LogP contribution in [0.2, 0.25) is 0 Å².